The monoisotopic (exact) mass is 431 g/mol. The second kappa shape index (κ2) is 9.22. The van der Waals surface area contributed by atoms with Crippen LogP contribution in [0.5, 0.6) is 0 Å². The van der Waals surface area contributed by atoms with E-state index in [1.54, 1.807) is 4.90 Å². The lowest BCUT2D eigenvalue weighted by Crippen LogP contribution is -2.41. The van der Waals surface area contributed by atoms with Gasteiger partial charge in [-0.3, -0.25) is 14.7 Å². The highest BCUT2D eigenvalue weighted by Crippen LogP contribution is 2.29. The summed E-state index contributed by atoms with van der Waals surface area (Å²) in [5.41, 5.74) is 10.1. The molecular weight excluding hydrogens is 402 g/mol. The largest absolute Gasteiger partial charge is 0.383 e. The Morgan fingerprint density at radius 3 is 2.66 bits per heavy atom. The highest BCUT2D eigenvalue weighted by Gasteiger charge is 2.25. The zero-order valence-electron chi connectivity index (χ0n) is 18.2. The number of aromatic nitrogens is 2. The van der Waals surface area contributed by atoms with Crippen molar-refractivity contribution in [2.24, 2.45) is 0 Å². The minimum Gasteiger partial charge on any atom is -0.383 e. The molecule has 7 nitrogen and oxygen atoms in total. The summed E-state index contributed by atoms with van der Waals surface area (Å²) >= 11 is 0. The summed E-state index contributed by atoms with van der Waals surface area (Å²) in [5.74, 6) is 0.665. The molecule has 32 heavy (non-hydrogen) atoms. The zero-order chi connectivity index (χ0) is 21.9. The number of nitrogens with two attached hydrogens (primary N) is 1. The Kier molecular flexibility index (Phi) is 6.01. The van der Waals surface area contributed by atoms with E-state index >= 15 is 0 Å². The van der Waals surface area contributed by atoms with E-state index in [4.69, 9.17) is 10.5 Å². The standard InChI is InChI=1S/C25H29N5O2/c26-24-21(25(31)30-12-14-32-15-13-30)4-6-23(28-24)19-7-10-29(11-8-19)17-18-3-5-22-20(16-18)2-1-9-27-22/h1-6,9,16,19H,7-8,10-15,17H2,(H2,26,28). The van der Waals surface area contributed by atoms with Gasteiger partial charge in [0.25, 0.3) is 5.91 Å². The SMILES string of the molecule is Nc1nc(C2CCN(Cc3ccc4ncccc4c3)CC2)ccc1C(=O)N1CCOCC1. The minimum atomic E-state index is -0.0507. The van der Waals surface area contributed by atoms with Gasteiger partial charge in [0.1, 0.15) is 5.82 Å². The van der Waals surface area contributed by atoms with Gasteiger partial charge in [-0.25, -0.2) is 4.98 Å². The first kappa shape index (κ1) is 20.8. The number of hydrogen-bond donors (Lipinski definition) is 1. The number of pyridine rings is 2. The van der Waals surface area contributed by atoms with Crippen molar-refractivity contribution in [3.8, 4) is 0 Å². The molecule has 4 heterocycles. The number of benzene rings is 1. The van der Waals surface area contributed by atoms with E-state index < -0.39 is 0 Å². The number of nitrogen functional groups attached to an aromatic ring is 1. The summed E-state index contributed by atoms with van der Waals surface area (Å²) in [5, 5.41) is 1.19. The Balaban J connectivity index is 1.20. The summed E-state index contributed by atoms with van der Waals surface area (Å²) in [7, 11) is 0. The third-order valence-electron chi connectivity index (χ3n) is 6.55. The fraction of sp³-hybridized carbons (Fsp3) is 0.400. The first-order valence-corrected chi connectivity index (χ1v) is 11.4. The summed E-state index contributed by atoms with van der Waals surface area (Å²) in [6, 6.07) is 14.4. The second-order valence-corrected chi connectivity index (χ2v) is 8.65. The van der Waals surface area contributed by atoms with E-state index in [1.165, 1.54) is 10.9 Å². The minimum absolute atomic E-state index is 0.0507. The lowest BCUT2D eigenvalue weighted by Gasteiger charge is -2.32. The van der Waals surface area contributed by atoms with Crippen LogP contribution in [0.3, 0.4) is 0 Å². The smallest absolute Gasteiger partial charge is 0.257 e. The molecule has 2 aromatic heterocycles. The number of morpholine rings is 1. The van der Waals surface area contributed by atoms with E-state index in [1.807, 2.05) is 24.4 Å². The summed E-state index contributed by atoms with van der Waals surface area (Å²) in [4.78, 5) is 26.1. The van der Waals surface area contributed by atoms with Crippen molar-refractivity contribution in [1.29, 1.82) is 0 Å². The molecule has 5 rings (SSSR count). The normalized spacial score (nSPS) is 18.2. The maximum atomic E-state index is 12.7. The van der Waals surface area contributed by atoms with Crippen LogP contribution in [0.4, 0.5) is 5.82 Å². The molecule has 3 aromatic rings. The van der Waals surface area contributed by atoms with Crippen LogP contribution >= 0.6 is 0 Å². The van der Waals surface area contributed by atoms with E-state index in [9.17, 15) is 4.79 Å². The molecule has 2 aliphatic heterocycles. The molecule has 0 aliphatic carbocycles. The van der Waals surface area contributed by atoms with Gasteiger partial charge >= 0.3 is 0 Å². The van der Waals surface area contributed by atoms with Crippen LogP contribution in [0.15, 0.2) is 48.7 Å². The van der Waals surface area contributed by atoms with Gasteiger partial charge in [0, 0.05) is 42.8 Å². The first-order chi connectivity index (χ1) is 15.7. The van der Waals surface area contributed by atoms with Crippen molar-refractivity contribution in [2.45, 2.75) is 25.3 Å². The van der Waals surface area contributed by atoms with Gasteiger partial charge in [0.2, 0.25) is 0 Å². The Hall–Kier alpha value is -3.03. The van der Waals surface area contributed by atoms with Gasteiger partial charge in [-0.2, -0.15) is 0 Å². The molecule has 2 N–H and O–H groups in total. The number of nitrogens with zero attached hydrogens (tertiary/aromatic N) is 4. The Morgan fingerprint density at radius 2 is 1.88 bits per heavy atom. The van der Waals surface area contributed by atoms with Crippen molar-refractivity contribution < 1.29 is 9.53 Å². The molecule has 1 amide bonds. The molecular formula is C25H29N5O2. The van der Waals surface area contributed by atoms with Crippen LogP contribution in [0.2, 0.25) is 0 Å². The molecule has 2 aliphatic rings. The van der Waals surface area contributed by atoms with E-state index in [2.05, 4.69) is 39.1 Å². The van der Waals surface area contributed by atoms with Crippen LogP contribution in [0.25, 0.3) is 10.9 Å². The molecule has 0 atom stereocenters. The quantitative estimate of drug-likeness (QED) is 0.684. The number of likely N-dealkylation sites (tertiary alicyclic amines) is 1. The lowest BCUT2D eigenvalue weighted by molar-refractivity contribution is 0.0303. The number of carbonyl (C=O) groups excluding carboxylic acids is 1. The molecule has 7 heteroatoms. The fourth-order valence-electron chi connectivity index (χ4n) is 4.70. The zero-order valence-corrected chi connectivity index (χ0v) is 18.2. The molecule has 0 unspecified atom stereocenters. The maximum Gasteiger partial charge on any atom is 0.257 e. The van der Waals surface area contributed by atoms with Crippen LogP contribution in [0.1, 0.15) is 40.4 Å². The number of hydrogen-bond acceptors (Lipinski definition) is 6. The van der Waals surface area contributed by atoms with Crippen LogP contribution in [-0.4, -0.2) is 65.1 Å². The van der Waals surface area contributed by atoms with E-state index in [0.29, 0.717) is 43.6 Å². The van der Waals surface area contributed by atoms with Gasteiger partial charge in [0.15, 0.2) is 0 Å². The van der Waals surface area contributed by atoms with Crippen LogP contribution in [0, 0.1) is 0 Å². The number of fused-ring (bicyclic) bond motifs is 1. The molecule has 2 fully saturated rings. The number of anilines is 1. The topological polar surface area (TPSA) is 84.6 Å². The molecule has 0 spiro atoms. The predicted octanol–water partition coefficient (Wildman–Crippen LogP) is 3.06. The third kappa shape index (κ3) is 4.45. The highest BCUT2D eigenvalue weighted by molar-refractivity contribution is 5.98. The molecule has 0 radical (unpaired) electrons. The average molecular weight is 432 g/mol. The summed E-state index contributed by atoms with van der Waals surface area (Å²) < 4.78 is 5.33. The van der Waals surface area contributed by atoms with E-state index in [0.717, 1.165) is 43.7 Å². The average Bonchev–Trinajstić information content (AvgIpc) is 2.84. The summed E-state index contributed by atoms with van der Waals surface area (Å²) in [6.07, 6.45) is 3.91. The molecule has 2 saturated heterocycles. The highest BCUT2D eigenvalue weighted by atomic mass is 16.5. The number of ether oxygens (including phenoxy) is 1. The molecule has 1 aromatic carbocycles. The van der Waals surface area contributed by atoms with Gasteiger partial charge in [-0.05, 0) is 61.8 Å². The Morgan fingerprint density at radius 1 is 1.06 bits per heavy atom. The van der Waals surface area contributed by atoms with Crippen LogP contribution < -0.4 is 5.73 Å². The summed E-state index contributed by atoms with van der Waals surface area (Å²) in [6.45, 7) is 5.34. The third-order valence-corrected chi connectivity index (χ3v) is 6.55. The molecule has 0 saturated carbocycles. The lowest BCUT2D eigenvalue weighted by atomic mass is 9.92. The van der Waals surface area contributed by atoms with Gasteiger partial charge in [0.05, 0.1) is 24.3 Å². The predicted molar refractivity (Wildman–Crippen MR) is 124 cm³/mol. The maximum absolute atomic E-state index is 12.7. The first-order valence-electron chi connectivity index (χ1n) is 11.4. The Labute approximate surface area is 188 Å². The molecule has 166 valence electrons. The Bertz CT molecular complexity index is 1100. The van der Waals surface area contributed by atoms with Crippen molar-refractivity contribution in [1.82, 2.24) is 19.8 Å². The van der Waals surface area contributed by atoms with Gasteiger partial charge in [-0.15, -0.1) is 0 Å². The number of amides is 1. The van der Waals surface area contributed by atoms with Crippen molar-refractivity contribution in [3.05, 3.63) is 65.5 Å². The number of piperidine rings is 1. The van der Waals surface area contributed by atoms with Gasteiger partial charge < -0.3 is 15.4 Å². The van der Waals surface area contributed by atoms with Crippen molar-refractivity contribution in [3.63, 3.8) is 0 Å². The fourth-order valence-corrected chi connectivity index (χ4v) is 4.70. The van der Waals surface area contributed by atoms with Crippen molar-refractivity contribution >= 4 is 22.6 Å². The number of rotatable bonds is 4. The number of carbonyl (C=O) groups is 1. The van der Waals surface area contributed by atoms with E-state index in [-0.39, 0.29) is 5.91 Å². The second-order valence-electron chi connectivity index (χ2n) is 8.65. The van der Waals surface area contributed by atoms with Crippen molar-refractivity contribution in [2.75, 3.05) is 45.1 Å². The van der Waals surface area contributed by atoms with Crippen LogP contribution in [-0.2, 0) is 11.3 Å². The van der Waals surface area contributed by atoms with Gasteiger partial charge in [-0.1, -0.05) is 12.1 Å². The molecule has 0 bridgehead atoms.